The molecule has 2 aromatic rings. The van der Waals surface area contributed by atoms with Gasteiger partial charge in [-0.25, -0.2) is 15.0 Å². The summed E-state index contributed by atoms with van der Waals surface area (Å²) in [5, 5.41) is 0. The molecule has 0 aliphatic carbocycles. The van der Waals surface area contributed by atoms with E-state index in [4.69, 9.17) is 15.2 Å². The van der Waals surface area contributed by atoms with Crippen molar-refractivity contribution in [3.05, 3.63) is 24.8 Å². The second kappa shape index (κ2) is 9.51. The molecule has 0 bridgehead atoms. The highest BCUT2D eigenvalue weighted by atomic mass is 31.1. The molecule has 2 heterocycles. The minimum Gasteiger partial charge on any atom is -0.384 e. The number of esters is 2. The van der Waals surface area contributed by atoms with E-state index < -0.39 is 36.6 Å². The van der Waals surface area contributed by atoms with Crippen molar-refractivity contribution >= 4 is 36.7 Å². The Morgan fingerprint density at radius 1 is 1.06 bits per heavy atom. The molecule has 1 unspecified atom stereocenters. The summed E-state index contributed by atoms with van der Waals surface area (Å²) in [7, 11) is -2.21. The molecule has 0 radical (unpaired) electrons. The van der Waals surface area contributed by atoms with E-state index in [1.807, 2.05) is 0 Å². The molecule has 2 rings (SSSR count). The fourth-order valence-corrected chi connectivity index (χ4v) is 3.12. The number of carbonyl (C=O) groups excluding carboxylic acids is 2. The highest BCUT2D eigenvalue weighted by Crippen LogP contribution is 2.34. The Morgan fingerprint density at radius 3 is 2.19 bits per heavy atom. The Bertz CT molecular complexity index is 976. The van der Waals surface area contributed by atoms with Crippen LogP contribution in [0.3, 0.4) is 0 Å². The predicted molar refractivity (Wildman–Crippen MR) is 116 cm³/mol. The summed E-state index contributed by atoms with van der Waals surface area (Å²) >= 11 is 0. The second-order valence-corrected chi connectivity index (χ2v) is 10.6. The number of rotatable bonds is 7. The van der Waals surface area contributed by atoms with Gasteiger partial charge in [0, 0.05) is 6.54 Å². The van der Waals surface area contributed by atoms with E-state index in [2.05, 4.69) is 15.0 Å². The standard InChI is InChI=1S/C20H29N5O5P/c1-19(2,3)16(26)29-18(30-17(27)20(4,5)6)31(28)10-8-7-9-25-12-24-13-14(21)22-11-23-15(13)25/h7-8,11-12,18H,9-10H2,1-6H3,(H2,21,22,23)/q+1/b8-7+. The molecular formula is C20H29N5O5P+. The first-order valence-electron chi connectivity index (χ1n) is 9.73. The Hall–Kier alpha value is -2.87. The van der Waals surface area contributed by atoms with E-state index in [9.17, 15) is 14.2 Å². The van der Waals surface area contributed by atoms with Gasteiger partial charge in [-0.2, -0.15) is 0 Å². The number of hydrogen-bond donors (Lipinski definition) is 1. The zero-order chi connectivity index (χ0) is 23.4. The highest BCUT2D eigenvalue weighted by Gasteiger charge is 2.41. The van der Waals surface area contributed by atoms with Gasteiger partial charge >= 0.3 is 25.8 Å². The number of ether oxygens (including phenoxy) is 2. The van der Waals surface area contributed by atoms with Gasteiger partial charge in [-0.3, -0.25) is 9.59 Å². The molecule has 0 saturated heterocycles. The van der Waals surface area contributed by atoms with Gasteiger partial charge in [0.2, 0.25) is 0 Å². The van der Waals surface area contributed by atoms with Crippen LogP contribution in [0.25, 0.3) is 11.2 Å². The first kappa shape index (κ1) is 24.4. The summed E-state index contributed by atoms with van der Waals surface area (Å²) in [6.45, 7) is 10.4. The van der Waals surface area contributed by atoms with Crippen LogP contribution in [0.2, 0.25) is 0 Å². The molecule has 0 aromatic carbocycles. The molecule has 168 valence electrons. The smallest absolute Gasteiger partial charge is 0.384 e. The van der Waals surface area contributed by atoms with Gasteiger partial charge in [0.25, 0.3) is 0 Å². The number of imidazole rings is 1. The maximum atomic E-state index is 12.8. The van der Waals surface area contributed by atoms with Crippen LogP contribution in [0, 0.1) is 10.8 Å². The zero-order valence-electron chi connectivity index (χ0n) is 18.7. The van der Waals surface area contributed by atoms with Crippen molar-refractivity contribution in [3.8, 4) is 0 Å². The van der Waals surface area contributed by atoms with Crippen LogP contribution in [0.1, 0.15) is 41.5 Å². The fraction of sp³-hybridized carbons (Fsp3) is 0.550. The fourth-order valence-electron chi connectivity index (χ4n) is 2.16. The van der Waals surface area contributed by atoms with Gasteiger partial charge in [-0.15, -0.1) is 0 Å². The van der Waals surface area contributed by atoms with E-state index in [1.54, 1.807) is 64.6 Å². The molecule has 2 N–H and O–H groups in total. The lowest BCUT2D eigenvalue weighted by Gasteiger charge is -2.21. The number of allylic oxidation sites excluding steroid dienone is 2. The third-order valence-electron chi connectivity index (χ3n) is 4.06. The number of nitrogen functional groups attached to an aromatic ring is 1. The first-order chi connectivity index (χ1) is 14.3. The lowest BCUT2D eigenvalue weighted by Crippen LogP contribution is -2.33. The third-order valence-corrected chi connectivity index (χ3v) is 5.31. The molecule has 11 heteroatoms. The SMILES string of the molecule is CC(C)(C)C(=O)OC(OC(=O)C(C)(C)C)[P+](=O)C/C=C/Cn1cnc2c(N)ncnc21. The quantitative estimate of drug-likeness (QED) is 0.291. The van der Waals surface area contributed by atoms with Gasteiger partial charge in [0.15, 0.2) is 17.6 Å². The topological polar surface area (TPSA) is 139 Å². The molecular weight excluding hydrogens is 421 g/mol. The van der Waals surface area contributed by atoms with Gasteiger partial charge in [-0.05, 0) is 47.6 Å². The van der Waals surface area contributed by atoms with Crippen LogP contribution in [0.4, 0.5) is 5.82 Å². The predicted octanol–water partition coefficient (Wildman–Crippen LogP) is 3.25. The largest absolute Gasteiger partial charge is 0.451 e. The number of anilines is 1. The Kier molecular flexibility index (Phi) is 7.49. The maximum absolute atomic E-state index is 12.8. The molecule has 0 fully saturated rings. The number of aromatic nitrogens is 4. The third kappa shape index (κ3) is 6.55. The molecule has 1 atom stereocenters. The molecule has 31 heavy (non-hydrogen) atoms. The van der Waals surface area contributed by atoms with Crippen LogP contribution in [-0.4, -0.2) is 43.7 Å². The summed E-state index contributed by atoms with van der Waals surface area (Å²) in [5.74, 6) is -0.914. The second-order valence-electron chi connectivity index (χ2n) is 9.02. The zero-order valence-corrected chi connectivity index (χ0v) is 19.6. The van der Waals surface area contributed by atoms with E-state index in [0.29, 0.717) is 23.5 Å². The normalized spacial score (nSPS) is 13.1. The van der Waals surface area contributed by atoms with Gasteiger partial charge in [-0.1, -0.05) is 10.6 Å². The van der Waals surface area contributed by atoms with Crippen molar-refractivity contribution in [2.45, 2.75) is 54.1 Å². The molecule has 2 aromatic heterocycles. The van der Waals surface area contributed by atoms with Gasteiger partial charge < -0.3 is 19.8 Å². The number of nitrogens with zero attached hydrogens (tertiary/aromatic N) is 4. The van der Waals surface area contributed by atoms with Crippen molar-refractivity contribution in [2.24, 2.45) is 10.8 Å². The minimum atomic E-state index is -2.21. The molecule has 0 amide bonds. The number of hydrogen-bond acceptors (Lipinski definition) is 9. The summed E-state index contributed by atoms with van der Waals surface area (Å²) < 4.78 is 25.1. The number of fused-ring (bicyclic) bond motifs is 1. The van der Waals surface area contributed by atoms with Gasteiger partial charge in [0.05, 0.1) is 17.2 Å². The van der Waals surface area contributed by atoms with Crippen molar-refractivity contribution in [2.75, 3.05) is 11.9 Å². The number of carbonyl (C=O) groups is 2. The molecule has 10 nitrogen and oxygen atoms in total. The average Bonchev–Trinajstić information content (AvgIpc) is 3.07. The van der Waals surface area contributed by atoms with Crippen LogP contribution in [0.5, 0.6) is 0 Å². The maximum Gasteiger partial charge on any atom is 0.451 e. The average molecular weight is 450 g/mol. The van der Waals surface area contributed by atoms with Crippen molar-refractivity contribution in [3.63, 3.8) is 0 Å². The van der Waals surface area contributed by atoms with Crippen molar-refractivity contribution < 1.29 is 23.6 Å². The van der Waals surface area contributed by atoms with E-state index in [1.165, 1.54) is 6.33 Å². The van der Waals surface area contributed by atoms with E-state index in [-0.39, 0.29) is 6.16 Å². The lowest BCUT2D eigenvalue weighted by molar-refractivity contribution is -0.184. The summed E-state index contributed by atoms with van der Waals surface area (Å²) in [4.78, 5) is 36.7. The lowest BCUT2D eigenvalue weighted by atomic mass is 9.97. The van der Waals surface area contributed by atoms with Crippen LogP contribution in [-0.2, 0) is 30.2 Å². The van der Waals surface area contributed by atoms with E-state index in [0.717, 1.165) is 0 Å². The minimum absolute atomic E-state index is 0.0542. The highest BCUT2D eigenvalue weighted by molar-refractivity contribution is 7.45. The molecule has 0 aliphatic heterocycles. The Morgan fingerprint density at radius 2 is 1.65 bits per heavy atom. The van der Waals surface area contributed by atoms with E-state index >= 15 is 0 Å². The van der Waals surface area contributed by atoms with Crippen LogP contribution in [0.15, 0.2) is 24.8 Å². The Balaban J connectivity index is 2.06. The Labute approximate surface area is 182 Å². The number of nitrogens with two attached hydrogens (primary N) is 1. The molecule has 0 aliphatic rings. The first-order valence-corrected chi connectivity index (χ1v) is 11.2. The molecule has 0 saturated carbocycles. The van der Waals surface area contributed by atoms with Crippen molar-refractivity contribution in [1.29, 1.82) is 0 Å². The molecule has 0 spiro atoms. The monoisotopic (exact) mass is 450 g/mol. The van der Waals surface area contributed by atoms with Crippen LogP contribution >= 0.6 is 7.80 Å². The summed E-state index contributed by atoms with van der Waals surface area (Å²) in [5.41, 5.74) is 5.20. The summed E-state index contributed by atoms with van der Waals surface area (Å²) in [6, 6.07) is -1.46. The van der Waals surface area contributed by atoms with Crippen LogP contribution < -0.4 is 5.73 Å². The van der Waals surface area contributed by atoms with Crippen molar-refractivity contribution in [1.82, 2.24) is 19.5 Å². The van der Waals surface area contributed by atoms with Gasteiger partial charge in [0.1, 0.15) is 11.8 Å². The summed E-state index contributed by atoms with van der Waals surface area (Å²) in [6.07, 6.45) is 6.42.